The van der Waals surface area contributed by atoms with Gasteiger partial charge in [-0.2, -0.15) is 0 Å². The number of hydrogen-bond acceptors (Lipinski definition) is 4. The summed E-state index contributed by atoms with van der Waals surface area (Å²) < 4.78 is 0. The minimum atomic E-state index is -0.0569. The van der Waals surface area contributed by atoms with E-state index in [1.165, 1.54) is 44.9 Å². The van der Waals surface area contributed by atoms with Crippen LogP contribution in [0.5, 0.6) is 0 Å². The van der Waals surface area contributed by atoms with Gasteiger partial charge in [-0.1, -0.05) is 43.4 Å². The molecule has 2 aliphatic carbocycles. The second-order valence-corrected chi connectivity index (χ2v) is 8.91. The fraction of sp³-hybridized carbons (Fsp3) is 0.682. The third-order valence-corrected chi connectivity index (χ3v) is 6.69. The largest absolute Gasteiger partial charge is 0.395 e. The molecule has 2 bridgehead atoms. The molecule has 28 heavy (non-hydrogen) atoms. The first-order valence-corrected chi connectivity index (χ1v) is 11.1. The van der Waals surface area contributed by atoms with E-state index in [2.05, 4.69) is 16.0 Å². The quantitative estimate of drug-likeness (QED) is 0.450. The Morgan fingerprint density at radius 1 is 1.14 bits per heavy atom. The van der Waals surface area contributed by atoms with Crippen LogP contribution in [0.3, 0.4) is 0 Å². The average molecular weight is 408 g/mol. The van der Waals surface area contributed by atoms with Crippen molar-refractivity contribution in [1.29, 1.82) is 0 Å². The number of hydrogen-bond donors (Lipinski definition) is 4. The van der Waals surface area contributed by atoms with E-state index < -0.39 is 0 Å². The summed E-state index contributed by atoms with van der Waals surface area (Å²) in [5.41, 5.74) is 1.92. The monoisotopic (exact) mass is 407 g/mol. The van der Waals surface area contributed by atoms with Crippen LogP contribution in [-0.4, -0.2) is 43.8 Å². The van der Waals surface area contributed by atoms with Crippen molar-refractivity contribution in [2.45, 2.75) is 51.5 Å². The van der Waals surface area contributed by atoms with Gasteiger partial charge in [-0.25, -0.2) is 0 Å². The zero-order valence-corrected chi connectivity index (χ0v) is 17.5. The summed E-state index contributed by atoms with van der Waals surface area (Å²) in [6.45, 7) is 3.81. The molecule has 0 spiro atoms. The molecule has 0 heterocycles. The fourth-order valence-corrected chi connectivity index (χ4v) is 5.11. The Balaban J connectivity index is 1.51. The standard InChI is InChI=1S/C22H34ClN3O2/c23-20-6-5-18(15-25-10-9-24-11-12-27)13-19(20)21(28)26-16-22-7-1-3-17(14-22)4-2-8-22/h5-6,13,17,24-25,27H,1-4,7-12,14-16H2,(H,26,28). The molecule has 0 aromatic heterocycles. The summed E-state index contributed by atoms with van der Waals surface area (Å²) in [5.74, 6) is 0.808. The molecule has 5 nitrogen and oxygen atoms in total. The molecule has 6 heteroatoms. The molecule has 1 aromatic carbocycles. The van der Waals surface area contributed by atoms with Gasteiger partial charge in [0.05, 0.1) is 17.2 Å². The molecule has 0 saturated heterocycles. The third-order valence-electron chi connectivity index (χ3n) is 6.36. The van der Waals surface area contributed by atoms with Crippen molar-refractivity contribution in [2.24, 2.45) is 11.3 Å². The highest BCUT2D eigenvalue weighted by Gasteiger charge is 2.39. The molecule has 0 atom stereocenters. The van der Waals surface area contributed by atoms with Gasteiger partial charge in [0, 0.05) is 32.7 Å². The lowest BCUT2D eigenvalue weighted by Crippen LogP contribution is -2.43. The minimum absolute atomic E-state index is 0.0569. The van der Waals surface area contributed by atoms with E-state index in [4.69, 9.17) is 16.7 Å². The Morgan fingerprint density at radius 2 is 1.89 bits per heavy atom. The zero-order chi connectivity index (χ0) is 19.8. The number of nitrogens with one attached hydrogen (secondary N) is 3. The second kappa shape index (κ2) is 10.6. The lowest BCUT2D eigenvalue weighted by molar-refractivity contribution is 0.0681. The number of benzene rings is 1. The number of amides is 1. The summed E-state index contributed by atoms with van der Waals surface area (Å²) in [6, 6.07) is 5.67. The van der Waals surface area contributed by atoms with Gasteiger partial charge >= 0.3 is 0 Å². The van der Waals surface area contributed by atoms with Gasteiger partial charge in [0.2, 0.25) is 0 Å². The number of aliphatic hydroxyl groups excluding tert-OH is 1. The van der Waals surface area contributed by atoms with Crippen LogP contribution >= 0.6 is 11.6 Å². The highest BCUT2D eigenvalue weighted by atomic mass is 35.5. The van der Waals surface area contributed by atoms with Gasteiger partial charge in [-0.05, 0) is 48.3 Å². The average Bonchev–Trinajstić information content (AvgIpc) is 2.70. The van der Waals surface area contributed by atoms with Crippen molar-refractivity contribution in [3.63, 3.8) is 0 Å². The predicted octanol–water partition coefficient (Wildman–Crippen LogP) is 3.10. The Labute approximate surface area is 173 Å². The molecule has 0 aliphatic heterocycles. The first kappa shape index (κ1) is 21.6. The van der Waals surface area contributed by atoms with Crippen LogP contribution in [0, 0.1) is 11.3 Å². The number of halogens is 1. The van der Waals surface area contributed by atoms with Crippen molar-refractivity contribution in [3.8, 4) is 0 Å². The van der Waals surface area contributed by atoms with E-state index in [-0.39, 0.29) is 12.5 Å². The van der Waals surface area contributed by atoms with Crippen LogP contribution in [0.15, 0.2) is 18.2 Å². The highest BCUT2D eigenvalue weighted by Crippen LogP contribution is 2.48. The smallest absolute Gasteiger partial charge is 0.252 e. The predicted molar refractivity (Wildman–Crippen MR) is 114 cm³/mol. The van der Waals surface area contributed by atoms with Crippen LogP contribution in [0.1, 0.15) is 60.9 Å². The second-order valence-electron chi connectivity index (χ2n) is 8.50. The van der Waals surface area contributed by atoms with Crippen LogP contribution < -0.4 is 16.0 Å². The molecule has 2 fully saturated rings. The van der Waals surface area contributed by atoms with E-state index in [9.17, 15) is 4.79 Å². The molecule has 1 aromatic rings. The molecule has 2 aliphatic rings. The summed E-state index contributed by atoms with van der Waals surface area (Å²) in [6.07, 6.45) is 9.09. The molecular formula is C22H34ClN3O2. The first-order valence-electron chi connectivity index (χ1n) is 10.7. The Hall–Kier alpha value is -1.14. The fourth-order valence-electron chi connectivity index (χ4n) is 4.90. The van der Waals surface area contributed by atoms with Crippen LogP contribution in [0.4, 0.5) is 0 Å². The molecule has 0 unspecified atom stereocenters. The molecule has 1 amide bonds. The lowest BCUT2D eigenvalue weighted by atomic mass is 9.62. The van der Waals surface area contributed by atoms with Gasteiger partial charge in [0.1, 0.15) is 0 Å². The summed E-state index contributed by atoms with van der Waals surface area (Å²) in [7, 11) is 0. The van der Waals surface area contributed by atoms with Crippen LogP contribution in [0.25, 0.3) is 0 Å². The van der Waals surface area contributed by atoms with Crippen molar-refractivity contribution >= 4 is 17.5 Å². The Bertz CT molecular complexity index is 643. The van der Waals surface area contributed by atoms with Gasteiger partial charge in [0.15, 0.2) is 0 Å². The lowest BCUT2D eigenvalue weighted by Gasteiger charge is -2.45. The van der Waals surface area contributed by atoms with Gasteiger partial charge in [0.25, 0.3) is 5.91 Å². The molecule has 3 rings (SSSR count). The molecule has 2 saturated carbocycles. The summed E-state index contributed by atoms with van der Waals surface area (Å²) in [4.78, 5) is 12.8. The van der Waals surface area contributed by atoms with Crippen molar-refractivity contribution < 1.29 is 9.90 Å². The number of carbonyl (C=O) groups excluding carboxylic acids is 1. The van der Waals surface area contributed by atoms with Gasteiger partial charge in [-0.3, -0.25) is 4.79 Å². The maximum Gasteiger partial charge on any atom is 0.252 e. The maximum absolute atomic E-state index is 12.8. The van der Waals surface area contributed by atoms with Crippen molar-refractivity contribution in [1.82, 2.24) is 16.0 Å². The Morgan fingerprint density at radius 3 is 2.64 bits per heavy atom. The SMILES string of the molecule is O=C(NCC12CCCC(CCC1)C2)c1cc(CNCCNCCO)ccc1Cl. The van der Waals surface area contributed by atoms with Gasteiger partial charge in [-0.15, -0.1) is 0 Å². The van der Waals surface area contributed by atoms with Gasteiger partial charge < -0.3 is 21.1 Å². The molecular weight excluding hydrogens is 374 g/mol. The summed E-state index contributed by atoms with van der Waals surface area (Å²) in [5, 5.41) is 18.9. The number of fused-ring (bicyclic) bond motifs is 2. The number of carbonyl (C=O) groups is 1. The minimum Gasteiger partial charge on any atom is -0.395 e. The van der Waals surface area contributed by atoms with E-state index in [0.29, 0.717) is 29.1 Å². The van der Waals surface area contributed by atoms with Crippen LogP contribution in [-0.2, 0) is 6.54 Å². The van der Waals surface area contributed by atoms with E-state index in [1.807, 2.05) is 18.2 Å². The van der Waals surface area contributed by atoms with E-state index in [0.717, 1.165) is 31.1 Å². The topological polar surface area (TPSA) is 73.4 Å². The molecule has 4 N–H and O–H groups in total. The number of rotatable bonds is 10. The summed E-state index contributed by atoms with van der Waals surface area (Å²) >= 11 is 6.32. The normalized spacial score (nSPS) is 24.1. The highest BCUT2D eigenvalue weighted by molar-refractivity contribution is 6.33. The van der Waals surface area contributed by atoms with E-state index >= 15 is 0 Å². The van der Waals surface area contributed by atoms with Crippen molar-refractivity contribution in [3.05, 3.63) is 34.3 Å². The molecule has 0 radical (unpaired) electrons. The maximum atomic E-state index is 12.8. The Kier molecular flexibility index (Phi) is 8.15. The van der Waals surface area contributed by atoms with Crippen LogP contribution in [0.2, 0.25) is 5.02 Å². The zero-order valence-electron chi connectivity index (χ0n) is 16.7. The van der Waals surface area contributed by atoms with E-state index in [1.54, 1.807) is 0 Å². The molecule has 156 valence electrons. The first-order chi connectivity index (χ1) is 13.6. The third kappa shape index (κ3) is 5.93. The van der Waals surface area contributed by atoms with Crippen molar-refractivity contribution in [2.75, 3.05) is 32.8 Å². The number of aliphatic hydroxyl groups is 1.